The lowest BCUT2D eigenvalue weighted by Gasteiger charge is -1.99. The van der Waals surface area contributed by atoms with E-state index in [2.05, 4.69) is 27.2 Å². The van der Waals surface area contributed by atoms with Crippen LogP contribution >= 0.6 is 0 Å². The van der Waals surface area contributed by atoms with Gasteiger partial charge in [0.05, 0.1) is 12.1 Å². The molecule has 3 aromatic rings. The maximum atomic E-state index is 5.96. The van der Waals surface area contributed by atoms with E-state index in [4.69, 9.17) is 5.73 Å². The van der Waals surface area contributed by atoms with Gasteiger partial charge in [-0.2, -0.15) is 0 Å². The highest BCUT2D eigenvalue weighted by Gasteiger charge is 2.10. The predicted octanol–water partition coefficient (Wildman–Crippen LogP) is 1.80. The highest BCUT2D eigenvalue weighted by Crippen LogP contribution is 2.25. The number of imidazole rings is 1. The normalized spacial score (nSPS) is 11.4. The molecular formula is C13H15N5. The molecule has 0 saturated carbocycles. The Labute approximate surface area is 104 Å². The number of para-hydroxylation sites is 1. The summed E-state index contributed by atoms with van der Waals surface area (Å²) in [5.74, 6) is 1.38. The second-order valence-corrected chi connectivity index (χ2v) is 4.20. The number of nitrogens with one attached hydrogen (secondary N) is 2. The average molecular weight is 241 g/mol. The van der Waals surface area contributed by atoms with Crippen LogP contribution in [-0.4, -0.2) is 21.5 Å². The van der Waals surface area contributed by atoms with Crippen LogP contribution in [0.4, 0.5) is 5.82 Å². The van der Waals surface area contributed by atoms with Crippen LogP contribution in [0.3, 0.4) is 0 Å². The number of fused-ring (bicyclic) bond motifs is 3. The molecule has 18 heavy (non-hydrogen) atoms. The smallest absolute Gasteiger partial charge is 0.150 e. The number of nitrogens with two attached hydrogens (primary N) is 1. The van der Waals surface area contributed by atoms with E-state index in [9.17, 15) is 0 Å². The Morgan fingerprint density at radius 3 is 2.94 bits per heavy atom. The topological polar surface area (TPSA) is 79.6 Å². The van der Waals surface area contributed by atoms with E-state index < -0.39 is 0 Å². The number of aromatic amines is 1. The summed E-state index contributed by atoms with van der Waals surface area (Å²) in [6, 6.07) is 7.90. The van der Waals surface area contributed by atoms with Crippen LogP contribution in [0.25, 0.3) is 21.9 Å². The van der Waals surface area contributed by atoms with Crippen LogP contribution in [0, 0.1) is 0 Å². The van der Waals surface area contributed by atoms with Crippen LogP contribution in [0.1, 0.15) is 12.7 Å². The number of rotatable bonds is 3. The Balaban J connectivity index is 2.24. The molecule has 0 aliphatic heterocycles. The lowest BCUT2D eigenvalue weighted by molar-refractivity contribution is 0.700. The molecule has 0 aliphatic rings. The zero-order valence-electron chi connectivity index (χ0n) is 10.2. The molecule has 4 N–H and O–H groups in total. The van der Waals surface area contributed by atoms with Crippen molar-refractivity contribution in [3.05, 3.63) is 30.1 Å². The van der Waals surface area contributed by atoms with Gasteiger partial charge in [-0.05, 0) is 12.6 Å². The Morgan fingerprint density at radius 1 is 1.28 bits per heavy atom. The van der Waals surface area contributed by atoms with E-state index in [1.54, 1.807) is 0 Å². The molecule has 0 unspecified atom stereocenters. The molecule has 0 bridgehead atoms. The molecule has 1 aromatic carbocycles. The van der Waals surface area contributed by atoms with Crippen molar-refractivity contribution in [1.82, 2.24) is 20.3 Å². The molecular weight excluding hydrogens is 226 g/mol. The Bertz CT molecular complexity index is 701. The first-order valence-electron chi connectivity index (χ1n) is 6.03. The standard InChI is InChI=1S/C13H15N5/c1-2-15-7-10-17-11-8-5-3-4-6-9(8)16-13(14)12(11)18-10/h3-6,15H,2,7H2,1H3,(H2,14,16)(H,17,18). The van der Waals surface area contributed by atoms with Crippen LogP contribution < -0.4 is 11.1 Å². The predicted molar refractivity (Wildman–Crippen MR) is 73.2 cm³/mol. The summed E-state index contributed by atoms with van der Waals surface area (Å²) in [7, 11) is 0. The van der Waals surface area contributed by atoms with Crippen LogP contribution in [-0.2, 0) is 6.54 Å². The molecule has 0 fully saturated rings. The number of pyridine rings is 1. The van der Waals surface area contributed by atoms with E-state index in [0.29, 0.717) is 12.4 Å². The third-order valence-electron chi connectivity index (χ3n) is 2.95. The zero-order valence-corrected chi connectivity index (χ0v) is 10.2. The molecule has 2 heterocycles. The summed E-state index contributed by atoms with van der Waals surface area (Å²) >= 11 is 0. The number of H-pyrrole nitrogens is 1. The molecule has 2 aromatic heterocycles. The van der Waals surface area contributed by atoms with E-state index in [1.165, 1.54) is 0 Å². The fourth-order valence-corrected chi connectivity index (χ4v) is 2.09. The van der Waals surface area contributed by atoms with E-state index in [1.807, 2.05) is 24.3 Å². The van der Waals surface area contributed by atoms with Gasteiger partial charge >= 0.3 is 0 Å². The van der Waals surface area contributed by atoms with Gasteiger partial charge in [0.25, 0.3) is 0 Å². The van der Waals surface area contributed by atoms with Gasteiger partial charge in [-0.25, -0.2) is 9.97 Å². The highest BCUT2D eigenvalue weighted by molar-refractivity contribution is 6.05. The third-order valence-corrected chi connectivity index (χ3v) is 2.95. The van der Waals surface area contributed by atoms with Crippen molar-refractivity contribution in [2.45, 2.75) is 13.5 Å². The van der Waals surface area contributed by atoms with Crippen molar-refractivity contribution in [2.75, 3.05) is 12.3 Å². The van der Waals surface area contributed by atoms with Gasteiger partial charge in [0.15, 0.2) is 0 Å². The van der Waals surface area contributed by atoms with E-state index >= 15 is 0 Å². The molecule has 0 amide bonds. The van der Waals surface area contributed by atoms with Crippen LogP contribution in [0.2, 0.25) is 0 Å². The molecule has 0 saturated heterocycles. The average Bonchev–Trinajstić information content (AvgIpc) is 2.81. The lowest BCUT2D eigenvalue weighted by Crippen LogP contribution is -2.12. The molecule has 0 spiro atoms. The van der Waals surface area contributed by atoms with Crippen molar-refractivity contribution < 1.29 is 0 Å². The largest absolute Gasteiger partial charge is 0.382 e. The van der Waals surface area contributed by atoms with Gasteiger partial charge in [-0.3, -0.25) is 0 Å². The highest BCUT2D eigenvalue weighted by atomic mass is 15.0. The second-order valence-electron chi connectivity index (χ2n) is 4.20. The molecule has 3 rings (SSSR count). The number of aromatic nitrogens is 3. The number of hydrogen-bond donors (Lipinski definition) is 3. The summed E-state index contributed by atoms with van der Waals surface area (Å²) in [4.78, 5) is 12.2. The molecule has 0 atom stereocenters. The molecule has 92 valence electrons. The van der Waals surface area contributed by atoms with Gasteiger partial charge in [0, 0.05) is 5.39 Å². The molecule has 5 heteroatoms. The van der Waals surface area contributed by atoms with Gasteiger partial charge in [-0.1, -0.05) is 25.1 Å². The van der Waals surface area contributed by atoms with Crippen molar-refractivity contribution in [2.24, 2.45) is 0 Å². The van der Waals surface area contributed by atoms with E-state index in [-0.39, 0.29) is 0 Å². The number of anilines is 1. The fourth-order valence-electron chi connectivity index (χ4n) is 2.09. The minimum atomic E-state index is 0.499. The molecule has 0 radical (unpaired) electrons. The van der Waals surface area contributed by atoms with Gasteiger partial charge < -0.3 is 16.0 Å². The summed E-state index contributed by atoms with van der Waals surface area (Å²) in [6.07, 6.45) is 0. The number of benzene rings is 1. The van der Waals surface area contributed by atoms with Crippen molar-refractivity contribution in [1.29, 1.82) is 0 Å². The Kier molecular flexibility index (Phi) is 2.60. The third kappa shape index (κ3) is 1.69. The SMILES string of the molecule is CCNCc1nc2c([nH]1)c(N)nc1ccccc12. The molecule has 0 aliphatic carbocycles. The maximum absolute atomic E-state index is 5.96. The Hall–Kier alpha value is -2.14. The lowest BCUT2D eigenvalue weighted by atomic mass is 10.2. The fraction of sp³-hybridized carbons (Fsp3) is 0.231. The van der Waals surface area contributed by atoms with Gasteiger partial charge in [-0.15, -0.1) is 0 Å². The minimum absolute atomic E-state index is 0.499. The quantitative estimate of drug-likeness (QED) is 0.653. The first kappa shape index (κ1) is 11.0. The first-order valence-corrected chi connectivity index (χ1v) is 6.03. The first-order chi connectivity index (χ1) is 8.79. The zero-order chi connectivity index (χ0) is 12.5. The molecule has 5 nitrogen and oxygen atoms in total. The van der Waals surface area contributed by atoms with Crippen LogP contribution in [0.5, 0.6) is 0 Å². The van der Waals surface area contributed by atoms with Crippen molar-refractivity contribution in [3.63, 3.8) is 0 Å². The van der Waals surface area contributed by atoms with Crippen molar-refractivity contribution >= 4 is 27.8 Å². The number of nitrogens with zero attached hydrogens (tertiary/aromatic N) is 2. The van der Waals surface area contributed by atoms with Crippen molar-refractivity contribution in [3.8, 4) is 0 Å². The summed E-state index contributed by atoms with van der Waals surface area (Å²) in [5, 5.41) is 4.27. The Morgan fingerprint density at radius 2 is 2.11 bits per heavy atom. The van der Waals surface area contributed by atoms with Gasteiger partial charge in [0.1, 0.15) is 22.7 Å². The maximum Gasteiger partial charge on any atom is 0.150 e. The summed E-state index contributed by atoms with van der Waals surface area (Å²) < 4.78 is 0. The minimum Gasteiger partial charge on any atom is -0.382 e. The number of hydrogen-bond acceptors (Lipinski definition) is 4. The second kappa shape index (κ2) is 4.27. The monoisotopic (exact) mass is 241 g/mol. The van der Waals surface area contributed by atoms with Crippen LogP contribution in [0.15, 0.2) is 24.3 Å². The summed E-state index contributed by atoms with van der Waals surface area (Å²) in [5.41, 5.74) is 8.56. The number of nitrogen functional groups attached to an aromatic ring is 1. The van der Waals surface area contributed by atoms with Gasteiger partial charge in [0.2, 0.25) is 0 Å². The summed E-state index contributed by atoms with van der Waals surface area (Å²) in [6.45, 7) is 3.68. The van der Waals surface area contributed by atoms with E-state index in [0.717, 1.165) is 34.3 Å².